The van der Waals surface area contributed by atoms with Gasteiger partial charge < -0.3 is 9.84 Å². The third-order valence-electron chi connectivity index (χ3n) is 5.76. The molecule has 3 aromatic rings. The molecule has 2 amide bonds. The summed E-state index contributed by atoms with van der Waals surface area (Å²) in [6, 6.07) is 18.4. The summed E-state index contributed by atoms with van der Waals surface area (Å²) in [5.41, 5.74) is 1.60. The SMILES string of the molecule is COc1cc(C2C3C(=O)N(c4ccc(F)cc4)C(=O)C3ON2c2ccccc2)ccc1O. The van der Waals surface area contributed by atoms with Crippen LogP contribution in [0.25, 0.3) is 0 Å². The molecule has 2 fully saturated rings. The number of aromatic hydroxyl groups is 1. The normalized spacial score (nSPS) is 22.4. The number of ether oxygens (including phenoxy) is 1. The lowest BCUT2D eigenvalue weighted by molar-refractivity contribution is -0.126. The smallest absolute Gasteiger partial charge is 0.266 e. The van der Waals surface area contributed by atoms with Gasteiger partial charge in [0.05, 0.1) is 24.5 Å². The molecule has 0 aliphatic carbocycles. The molecule has 8 heteroatoms. The van der Waals surface area contributed by atoms with E-state index < -0.39 is 35.7 Å². The average molecular weight is 434 g/mol. The van der Waals surface area contributed by atoms with E-state index in [1.54, 1.807) is 17.2 Å². The summed E-state index contributed by atoms with van der Waals surface area (Å²) >= 11 is 0. The molecule has 0 spiro atoms. The van der Waals surface area contributed by atoms with Gasteiger partial charge in [0.15, 0.2) is 17.6 Å². The Morgan fingerprint density at radius 2 is 1.66 bits per heavy atom. The van der Waals surface area contributed by atoms with E-state index in [0.717, 1.165) is 4.90 Å². The Labute approximate surface area is 183 Å². The highest BCUT2D eigenvalue weighted by molar-refractivity contribution is 6.23. The van der Waals surface area contributed by atoms with Crippen LogP contribution in [0.5, 0.6) is 11.5 Å². The molecule has 3 unspecified atom stereocenters. The number of hydrogen-bond donors (Lipinski definition) is 1. The Bertz CT molecular complexity index is 1180. The summed E-state index contributed by atoms with van der Waals surface area (Å²) < 4.78 is 18.6. The van der Waals surface area contributed by atoms with Crippen molar-refractivity contribution in [1.29, 1.82) is 0 Å². The number of fused-ring (bicyclic) bond motifs is 1. The Kier molecular flexibility index (Phi) is 4.79. The van der Waals surface area contributed by atoms with Crippen LogP contribution in [0.3, 0.4) is 0 Å². The van der Waals surface area contributed by atoms with Crippen LogP contribution in [0.2, 0.25) is 0 Å². The molecular weight excluding hydrogens is 415 g/mol. The number of imide groups is 1. The van der Waals surface area contributed by atoms with Crippen LogP contribution in [0, 0.1) is 11.7 Å². The first-order valence-electron chi connectivity index (χ1n) is 10.0. The van der Waals surface area contributed by atoms with Crippen LogP contribution in [0.15, 0.2) is 72.8 Å². The highest BCUT2D eigenvalue weighted by atomic mass is 19.1. The van der Waals surface area contributed by atoms with E-state index >= 15 is 0 Å². The van der Waals surface area contributed by atoms with E-state index in [9.17, 15) is 19.1 Å². The summed E-state index contributed by atoms with van der Waals surface area (Å²) in [5, 5.41) is 11.6. The van der Waals surface area contributed by atoms with Gasteiger partial charge in [-0.1, -0.05) is 24.3 Å². The van der Waals surface area contributed by atoms with Crippen molar-refractivity contribution in [3.05, 3.63) is 84.2 Å². The highest BCUT2D eigenvalue weighted by Gasteiger charge is 2.60. The molecule has 32 heavy (non-hydrogen) atoms. The zero-order valence-electron chi connectivity index (χ0n) is 17.0. The first kappa shape index (κ1) is 20.0. The fourth-order valence-electron chi connectivity index (χ4n) is 4.28. The minimum atomic E-state index is -1.04. The second kappa shape index (κ2) is 7.65. The maximum atomic E-state index is 13.5. The van der Waals surface area contributed by atoms with Gasteiger partial charge >= 0.3 is 0 Å². The van der Waals surface area contributed by atoms with E-state index in [2.05, 4.69) is 0 Å². The standard InChI is InChI=1S/C24H19FN2O5/c1-31-19-13-14(7-12-18(19)28)21-20-22(32-27(21)17-5-3-2-4-6-17)24(30)26(23(20)29)16-10-8-15(25)9-11-16/h2-13,20-22,28H,1H3. The van der Waals surface area contributed by atoms with Gasteiger partial charge in [-0.25, -0.2) is 14.4 Å². The maximum absolute atomic E-state index is 13.5. The molecule has 162 valence electrons. The lowest BCUT2D eigenvalue weighted by Gasteiger charge is -2.29. The number of anilines is 2. The number of halogens is 1. The summed E-state index contributed by atoms with van der Waals surface area (Å²) in [5.74, 6) is -2.07. The van der Waals surface area contributed by atoms with Gasteiger partial charge in [-0.2, -0.15) is 0 Å². The van der Waals surface area contributed by atoms with Gasteiger partial charge in [0, 0.05) is 0 Å². The predicted octanol–water partition coefficient (Wildman–Crippen LogP) is 3.59. The second-order valence-electron chi connectivity index (χ2n) is 7.58. The molecule has 2 saturated heterocycles. The zero-order chi connectivity index (χ0) is 22.4. The minimum Gasteiger partial charge on any atom is -0.504 e. The predicted molar refractivity (Wildman–Crippen MR) is 114 cm³/mol. The van der Waals surface area contributed by atoms with Crippen LogP contribution in [0.4, 0.5) is 15.8 Å². The van der Waals surface area contributed by atoms with Crippen LogP contribution in [-0.2, 0) is 14.4 Å². The van der Waals surface area contributed by atoms with E-state index in [0.29, 0.717) is 11.3 Å². The number of para-hydroxylation sites is 1. The van der Waals surface area contributed by atoms with Gasteiger partial charge in [0.2, 0.25) is 5.91 Å². The Morgan fingerprint density at radius 1 is 0.938 bits per heavy atom. The van der Waals surface area contributed by atoms with Crippen LogP contribution < -0.4 is 14.7 Å². The van der Waals surface area contributed by atoms with Crippen LogP contribution >= 0.6 is 0 Å². The van der Waals surface area contributed by atoms with E-state index in [4.69, 9.17) is 9.57 Å². The van der Waals surface area contributed by atoms with Crippen molar-refractivity contribution in [3.63, 3.8) is 0 Å². The van der Waals surface area contributed by atoms with Crippen molar-refractivity contribution < 1.29 is 28.7 Å². The molecule has 1 N–H and O–H groups in total. The number of rotatable bonds is 4. The summed E-state index contributed by atoms with van der Waals surface area (Å²) in [6.45, 7) is 0. The number of hydroxylamine groups is 1. The lowest BCUT2D eigenvalue weighted by atomic mass is 9.90. The summed E-state index contributed by atoms with van der Waals surface area (Å²) in [4.78, 5) is 33.8. The van der Waals surface area contributed by atoms with Gasteiger partial charge in [0.1, 0.15) is 11.7 Å². The fraction of sp³-hybridized carbons (Fsp3) is 0.167. The monoisotopic (exact) mass is 434 g/mol. The molecule has 5 rings (SSSR count). The minimum absolute atomic E-state index is 0.0419. The first-order valence-corrected chi connectivity index (χ1v) is 10.0. The van der Waals surface area contributed by atoms with Gasteiger partial charge in [0.25, 0.3) is 5.91 Å². The molecular formula is C24H19FN2O5. The number of phenols is 1. The van der Waals surface area contributed by atoms with Gasteiger partial charge in [-0.15, -0.1) is 0 Å². The number of benzene rings is 3. The number of carbonyl (C=O) groups is 2. The van der Waals surface area contributed by atoms with E-state index in [1.807, 2.05) is 30.3 Å². The molecule has 0 aromatic heterocycles. The molecule has 2 heterocycles. The van der Waals surface area contributed by atoms with E-state index in [-0.39, 0.29) is 17.2 Å². The van der Waals surface area contributed by atoms with Crippen molar-refractivity contribution in [3.8, 4) is 11.5 Å². The largest absolute Gasteiger partial charge is 0.504 e. The molecule has 0 bridgehead atoms. The lowest BCUT2D eigenvalue weighted by Crippen LogP contribution is -2.37. The Morgan fingerprint density at radius 3 is 2.34 bits per heavy atom. The molecule has 2 aliphatic rings. The van der Waals surface area contributed by atoms with Crippen molar-refractivity contribution >= 4 is 23.2 Å². The van der Waals surface area contributed by atoms with Crippen molar-refractivity contribution in [1.82, 2.24) is 0 Å². The van der Waals surface area contributed by atoms with E-state index in [1.165, 1.54) is 37.4 Å². The van der Waals surface area contributed by atoms with Gasteiger partial charge in [-0.05, 0) is 54.1 Å². The molecule has 2 aliphatic heterocycles. The fourth-order valence-corrected chi connectivity index (χ4v) is 4.28. The number of phenolic OH excluding ortho intramolecular Hbond substituents is 1. The molecule has 0 radical (unpaired) electrons. The van der Waals surface area contributed by atoms with Crippen molar-refractivity contribution in [2.45, 2.75) is 12.1 Å². The molecule has 7 nitrogen and oxygen atoms in total. The molecule has 3 aromatic carbocycles. The third kappa shape index (κ3) is 3.07. The quantitative estimate of drug-likeness (QED) is 0.633. The molecule has 3 atom stereocenters. The summed E-state index contributed by atoms with van der Waals surface area (Å²) in [6.07, 6.45) is -1.04. The molecule has 0 saturated carbocycles. The maximum Gasteiger partial charge on any atom is 0.266 e. The number of carbonyl (C=O) groups excluding carboxylic acids is 2. The number of methoxy groups -OCH3 is 1. The highest BCUT2D eigenvalue weighted by Crippen LogP contribution is 2.48. The van der Waals surface area contributed by atoms with Gasteiger partial charge in [-0.3, -0.25) is 14.4 Å². The second-order valence-corrected chi connectivity index (χ2v) is 7.58. The number of hydrogen-bond acceptors (Lipinski definition) is 6. The van der Waals surface area contributed by atoms with Crippen molar-refractivity contribution in [2.75, 3.05) is 17.1 Å². The van der Waals surface area contributed by atoms with Crippen molar-refractivity contribution in [2.24, 2.45) is 5.92 Å². The Balaban J connectivity index is 1.60. The topological polar surface area (TPSA) is 79.3 Å². The summed E-state index contributed by atoms with van der Waals surface area (Å²) in [7, 11) is 1.43. The van der Waals surface area contributed by atoms with Crippen LogP contribution in [-0.4, -0.2) is 30.1 Å². The first-order chi connectivity index (χ1) is 15.5. The number of nitrogens with zero attached hydrogens (tertiary/aromatic N) is 2. The average Bonchev–Trinajstić information content (AvgIpc) is 3.32. The Hall–Kier alpha value is -3.91. The number of amides is 2. The van der Waals surface area contributed by atoms with Crippen LogP contribution in [0.1, 0.15) is 11.6 Å². The third-order valence-corrected chi connectivity index (χ3v) is 5.76. The zero-order valence-corrected chi connectivity index (χ0v) is 17.0.